The van der Waals surface area contributed by atoms with Crippen LogP contribution in [0.15, 0.2) is 71.3 Å². The minimum absolute atomic E-state index is 0.00489. The summed E-state index contributed by atoms with van der Waals surface area (Å²) in [5.74, 6) is 1.64. The van der Waals surface area contributed by atoms with E-state index >= 15 is 0 Å². The lowest BCUT2D eigenvalue weighted by molar-refractivity contribution is -0.130. The van der Waals surface area contributed by atoms with E-state index in [1.54, 1.807) is 30.3 Å². The van der Waals surface area contributed by atoms with Crippen LogP contribution in [0, 0.1) is 11.3 Å². The zero-order valence-electron chi connectivity index (χ0n) is 19.4. The van der Waals surface area contributed by atoms with Gasteiger partial charge >= 0.3 is 0 Å². The molecule has 8 heteroatoms. The standard InChI is InChI=1S/C27H26BrN3O4/c1-34-23-13-21(28)10-9-19(23)12-24(32)31-15-20-14-27(20,17-31)26(33)30-25-22(8-5-11-29-25)35-16-18-6-3-2-4-7-18/h2-11,13,20H,12,14-17H2,1H3,(H,29,30,33)/t20-,27-/m1/s1. The molecule has 2 aromatic carbocycles. The normalized spacial score (nSPS) is 20.2. The monoisotopic (exact) mass is 535 g/mol. The molecule has 2 heterocycles. The van der Waals surface area contributed by atoms with Crippen LogP contribution in [0.4, 0.5) is 5.82 Å². The average molecular weight is 536 g/mol. The third-order valence-corrected chi connectivity index (χ3v) is 7.27. The lowest BCUT2D eigenvalue weighted by atomic mass is 10.1. The van der Waals surface area contributed by atoms with Crippen molar-refractivity contribution in [3.63, 3.8) is 0 Å². The molecular weight excluding hydrogens is 510 g/mol. The van der Waals surface area contributed by atoms with Gasteiger partial charge in [-0.25, -0.2) is 4.98 Å². The smallest absolute Gasteiger partial charge is 0.234 e. The maximum absolute atomic E-state index is 13.3. The van der Waals surface area contributed by atoms with E-state index in [9.17, 15) is 9.59 Å². The number of pyridine rings is 1. The number of hydrogen-bond acceptors (Lipinski definition) is 5. The molecule has 180 valence electrons. The first-order chi connectivity index (χ1) is 17.0. The van der Waals surface area contributed by atoms with Crippen LogP contribution < -0.4 is 14.8 Å². The van der Waals surface area contributed by atoms with Gasteiger partial charge in [0.15, 0.2) is 11.6 Å². The number of nitrogens with one attached hydrogen (secondary N) is 1. The summed E-state index contributed by atoms with van der Waals surface area (Å²) in [5, 5.41) is 2.97. The second kappa shape index (κ2) is 9.70. The number of methoxy groups -OCH3 is 1. The second-order valence-electron chi connectivity index (χ2n) is 9.04. The SMILES string of the molecule is COc1cc(Br)ccc1CC(=O)N1C[C@H]2C[C@@]2(C(=O)Nc2ncccc2OCc2ccccc2)C1. The average Bonchev–Trinajstić information content (AvgIpc) is 3.45. The molecule has 2 aliphatic rings. The Morgan fingerprint density at radius 1 is 1.14 bits per heavy atom. The highest BCUT2D eigenvalue weighted by atomic mass is 79.9. The quantitative estimate of drug-likeness (QED) is 0.460. The molecule has 1 aromatic heterocycles. The predicted octanol–water partition coefficient (Wildman–Crippen LogP) is 4.46. The van der Waals surface area contributed by atoms with E-state index in [-0.39, 0.29) is 24.2 Å². The molecule has 7 nitrogen and oxygen atoms in total. The predicted molar refractivity (Wildman–Crippen MR) is 135 cm³/mol. The number of benzene rings is 2. The van der Waals surface area contributed by atoms with Gasteiger partial charge in [-0.05, 0) is 42.2 Å². The molecule has 5 rings (SSSR count). The molecule has 1 N–H and O–H groups in total. The van der Waals surface area contributed by atoms with Gasteiger partial charge in [0.25, 0.3) is 0 Å². The minimum atomic E-state index is -0.562. The first-order valence-corrected chi connectivity index (χ1v) is 12.3. The maximum Gasteiger partial charge on any atom is 0.234 e. The zero-order chi connectivity index (χ0) is 24.4. The van der Waals surface area contributed by atoms with Gasteiger partial charge in [-0.3, -0.25) is 9.59 Å². The van der Waals surface area contributed by atoms with Crippen molar-refractivity contribution >= 4 is 33.6 Å². The van der Waals surface area contributed by atoms with E-state index in [1.165, 1.54) is 0 Å². The van der Waals surface area contributed by atoms with E-state index in [4.69, 9.17) is 9.47 Å². The van der Waals surface area contributed by atoms with E-state index in [2.05, 4.69) is 26.2 Å². The topological polar surface area (TPSA) is 80.8 Å². The van der Waals surface area contributed by atoms with Gasteiger partial charge < -0.3 is 19.7 Å². The molecule has 0 bridgehead atoms. The number of nitrogens with zero attached hydrogens (tertiary/aromatic N) is 2. The van der Waals surface area contributed by atoms with Gasteiger partial charge in [-0.15, -0.1) is 0 Å². The van der Waals surface area contributed by atoms with Crippen molar-refractivity contribution in [1.82, 2.24) is 9.88 Å². The molecule has 3 aromatic rings. The molecule has 2 atom stereocenters. The number of hydrogen-bond donors (Lipinski definition) is 1. The van der Waals surface area contributed by atoms with Crippen LogP contribution in [0.3, 0.4) is 0 Å². The molecule has 2 amide bonds. The van der Waals surface area contributed by atoms with Crippen molar-refractivity contribution in [2.24, 2.45) is 11.3 Å². The Balaban J connectivity index is 1.22. The fourth-order valence-corrected chi connectivity index (χ4v) is 5.07. The molecule has 0 spiro atoms. The summed E-state index contributed by atoms with van der Waals surface area (Å²) in [5.41, 5.74) is 1.29. The minimum Gasteiger partial charge on any atom is -0.496 e. The number of carbonyl (C=O) groups is 2. The first-order valence-electron chi connectivity index (χ1n) is 11.5. The highest BCUT2D eigenvalue weighted by molar-refractivity contribution is 9.10. The van der Waals surface area contributed by atoms with Crippen LogP contribution in [0.5, 0.6) is 11.5 Å². The zero-order valence-corrected chi connectivity index (χ0v) is 21.0. The van der Waals surface area contributed by atoms with Gasteiger partial charge in [0, 0.05) is 29.3 Å². The van der Waals surface area contributed by atoms with Gasteiger partial charge in [0.2, 0.25) is 11.8 Å². The lowest BCUT2D eigenvalue weighted by Gasteiger charge is -2.21. The Hall–Kier alpha value is -3.39. The van der Waals surface area contributed by atoms with Crippen LogP contribution in [0.1, 0.15) is 17.5 Å². The van der Waals surface area contributed by atoms with Crippen LogP contribution in [0.25, 0.3) is 0 Å². The van der Waals surface area contributed by atoms with Gasteiger partial charge in [-0.1, -0.05) is 52.3 Å². The van der Waals surface area contributed by atoms with Crippen molar-refractivity contribution in [3.8, 4) is 11.5 Å². The van der Waals surface area contributed by atoms with Crippen molar-refractivity contribution in [3.05, 3.63) is 82.5 Å². The Bertz CT molecular complexity index is 1250. The Morgan fingerprint density at radius 3 is 2.77 bits per heavy atom. The molecule has 1 aliphatic carbocycles. The van der Waals surface area contributed by atoms with Gasteiger partial charge in [0.1, 0.15) is 12.4 Å². The lowest BCUT2D eigenvalue weighted by Crippen LogP contribution is -2.36. The van der Waals surface area contributed by atoms with E-state index in [1.807, 2.05) is 48.5 Å². The number of fused-ring (bicyclic) bond motifs is 1. The fraction of sp³-hybridized carbons (Fsp3) is 0.296. The fourth-order valence-electron chi connectivity index (χ4n) is 4.73. The van der Waals surface area contributed by atoms with Gasteiger partial charge in [-0.2, -0.15) is 0 Å². The number of ether oxygens (including phenoxy) is 2. The Labute approximate surface area is 212 Å². The molecule has 0 radical (unpaired) electrons. The van der Waals surface area contributed by atoms with Crippen molar-refractivity contribution in [2.45, 2.75) is 19.4 Å². The molecule has 2 fully saturated rings. The van der Waals surface area contributed by atoms with E-state index in [0.29, 0.717) is 37.0 Å². The van der Waals surface area contributed by atoms with Crippen molar-refractivity contribution < 1.29 is 19.1 Å². The number of halogens is 1. The molecule has 0 unspecified atom stereocenters. The number of anilines is 1. The van der Waals surface area contributed by atoms with Crippen LogP contribution in [-0.2, 0) is 22.6 Å². The molecule has 1 aliphatic heterocycles. The summed E-state index contributed by atoms with van der Waals surface area (Å²) in [6, 6.07) is 19.0. The molecule has 1 saturated carbocycles. The van der Waals surface area contributed by atoms with Crippen LogP contribution in [-0.4, -0.2) is 41.9 Å². The molecule has 35 heavy (non-hydrogen) atoms. The number of likely N-dealkylation sites (tertiary alicyclic amines) is 1. The maximum atomic E-state index is 13.3. The van der Waals surface area contributed by atoms with Gasteiger partial charge in [0.05, 0.1) is 18.9 Å². The van der Waals surface area contributed by atoms with Crippen molar-refractivity contribution in [1.29, 1.82) is 0 Å². The summed E-state index contributed by atoms with van der Waals surface area (Å²) in [4.78, 5) is 32.4. The van der Waals surface area contributed by atoms with E-state index < -0.39 is 5.41 Å². The number of carbonyl (C=O) groups excluding carboxylic acids is 2. The Kier molecular flexibility index (Phi) is 6.47. The van der Waals surface area contributed by atoms with Crippen LogP contribution >= 0.6 is 15.9 Å². The summed E-state index contributed by atoms with van der Waals surface area (Å²) in [6.07, 6.45) is 2.64. The third-order valence-electron chi connectivity index (χ3n) is 6.78. The highest BCUT2D eigenvalue weighted by Crippen LogP contribution is 2.58. The summed E-state index contributed by atoms with van der Waals surface area (Å²) >= 11 is 3.43. The first kappa shape index (κ1) is 23.4. The number of amides is 2. The molecule has 1 saturated heterocycles. The third kappa shape index (κ3) is 4.89. The molecular formula is C27H26BrN3O4. The van der Waals surface area contributed by atoms with Crippen molar-refractivity contribution in [2.75, 3.05) is 25.5 Å². The number of piperidine rings is 1. The summed E-state index contributed by atoms with van der Waals surface area (Å²) in [6.45, 7) is 1.38. The second-order valence-corrected chi connectivity index (χ2v) is 9.96. The summed E-state index contributed by atoms with van der Waals surface area (Å²) < 4.78 is 12.2. The van der Waals surface area contributed by atoms with Crippen LogP contribution in [0.2, 0.25) is 0 Å². The summed E-state index contributed by atoms with van der Waals surface area (Å²) in [7, 11) is 1.59. The largest absolute Gasteiger partial charge is 0.496 e. The highest BCUT2D eigenvalue weighted by Gasteiger charge is 2.65. The number of aromatic nitrogens is 1. The number of rotatable bonds is 8. The van der Waals surface area contributed by atoms with E-state index in [0.717, 1.165) is 22.0 Å². The Morgan fingerprint density at radius 2 is 1.97 bits per heavy atom.